The molecule has 32 heavy (non-hydrogen) atoms. The molecule has 0 fully saturated rings. The van der Waals surface area contributed by atoms with Crippen LogP contribution in [0.1, 0.15) is 109 Å². The summed E-state index contributed by atoms with van der Waals surface area (Å²) in [6.45, 7) is 3.01. The zero-order chi connectivity index (χ0) is 23.3. The highest BCUT2D eigenvalue weighted by Crippen LogP contribution is 2.17. The van der Waals surface area contributed by atoms with Gasteiger partial charge in [0.2, 0.25) is 0 Å². The molecule has 0 bridgehead atoms. The minimum absolute atomic E-state index is 0.0574. The first-order chi connectivity index (χ1) is 15.6. The van der Waals surface area contributed by atoms with Crippen LogP contribution >= 0.6 is 0 Å². The first-order valence-corrected chi connectivity index (χ1v) is 12.6. The van der Waals surface area contributed by atoms with E-state index in [9.17, 15) is 9.59 Å². The van der Waals surface area contributed by atoms with Gasteiger partial charge in [0.05, 0.1) is 6.61 Å². The summed E-state index contributed by atoms with van der Waals surface area (Å²) in [4.78, 5) is 21.8. The smallest absolute Gasteiger partial charge is 0.303 e. The van der Waals surface area contributed by atoms with Gasteiger partial charge in [-0.2, -0.15) is 0 Å². The monoisotopic (exact) mass is 448 g/mol. The van der Waals surface area contributed by atoms with Crippen LogP contribution in [0.5, 0.6) is 0 Å². The van der Waals surface area contributed by atoms with E-state index in [1.165, 1.54) is 63.9 Å². The molecule has 0 saturated carbocycles. The Kier molecular flexibility index (Phi) is 17.4. The van der Waals surface area contributed by atoms with Crippen LogP contribution in [0.25, 0.3) is 0 Å². The van der Waals surface area contributed by atoms with Crippen LogP contribution in [0, 0.1) is 0 Å². The van der Waals surface area contributed by atoms with Crippen LogP contribution in [-0.4, -0.2) is 29.8 Å². The SMILES string of the molecule is CC(=O)OC(CCCCCCCCCCCCOCc1ccccc1)CCCCC(=O)O. The molecule has 0 saturated heterocycles. The number of rotatable bonds is 21. The minimum Gasteiger partial charge on any atom is -0.481 e. The third-order valence-electron chi connectivity index (χ3n) is 5.68. The van der Waals surface area contributed by atoms with Crippen LogP contribution in [0.15, 0.2) is 30.3 Å². The second-order valence-electron chi connectivity index (χ2n) is 8.73. The van der Waals surface area contributed by atoms with Crippen molar-refractivity contribution >= 4 is 11.9 Å². The van der Waals surface area contributed by atoms with E-state index in [1.54, 1.807) is 0 Å². The maximum Gasteiger partial charge on any atom is 0.303 e. The number of aliphatic carboxylic acids is 1. The molecule has 1 rings (SSSR count). The van der Waals surface area contributed by atoms with Crippen LogP contribution < -0.4 is 0 Å². The molecule has 1 N–H and O–H groups in total. The van der Waals surface area contributed by atoms with Crippen molar-refractivity contribution < 1.29 is 24.2 Å². The van der Waals surface area contributed by atoms with Gasteiger partial charge in [-0.3, -0.25) is 9.59 Å². The van der Waals surface area contributed by atoms with Gasteiger partial charge in [-0.25, -0.2) is 0 Å². The van der Waals surface area contributed by atoms with Crippen molar-refractivity contribution in [3.63, 3.8) is 0 Å². The van der Waals surface area contributed by atoms with Gasteiger partial charge in [0.1, 0.15) is 6.10 Å². The molecule has 0 spiro atoms. The third kappa shape index (κ3) is 17.8. The molecule has 0 heterocycles. The van der Waals surface area contributed by atoms with Crippen molar-refractivity contribution in [1.29, 1.82) is 0 Å². The zero-order valence-electron chi connectivity index (χ0n) is 20.1. The predicted molar refractivity (Wildman–Crippen MR) is 129 cm³/mol. The summed E-state index contributed by atoms with van der Waals surface area (Å²) in [5, 5.41) is 8.71. The van der Waals surface area contributed by atoms with E-state index in [-0.39, 0.29) is 18.5 Å². The van der Waals surface area contributed by atoms with Crippen molar-refractivity contribution in [2.75, 3.05) is 6.61 Å². The first kappa shape index (κ1) is 28.2. The van der Waals surface area contributed by atoms with E-state index in [1.807, 2.05) is 18.2 Å². The van der Waals surface area contributed by atoms with Gasteiger partial charge < -0.3 is 14.6 Å². The lowest BCUT2D eigenvalue weighted by molar-refractivity contribution is -0.147. The number of hydrogen-bond acceptors (Lipinski definition) is 4. The van der Waals surface area contributed by atoms with Gasteiger partial charge >= 0.3 is 11.9 Å². The Morgan fingerprint density at radius 3 is 1.88 bits per heavy atom. The molecule has 0 aliphatic heterocycles. The highest BCUT2D eigenvalue weighted by molar-refractivity contribution is 5.66. The molecule has 0 aliphatic carbocycles. The fraction of sp³-hybridized carbons (Fsp3) is 0.704. The Balaban J connectivity index is 1.88. The standard InChI is InChI=1S/C27H44O5/c1-24(28)32-26(20-14-15-21-27(29)30)19-13-8-6-4-2-3-5-7-9-16-22-31-23-25-17-11-10-12-18-25/h10-12,17-18,26H,2-9,13-16,19-23H2,1H3,(H,29,30). The van der Waals surface area contributed by atoms with E-state index < -0.39 is 5.97 Å². The average molecular weight is 449 g/mol. The van der Waals surface area contributed by atoms with E-state index >= 15 is 0 Å². The summed E-state index contributed by atoms with van der Waals surface area (Å²) in [5.74, 6) is -1.00. The number of esters is 1. The lowest BCUT2D eigenvalue weighted by Crippen LogP contribution is -2.16. The Labute approximate surface area is 194 Å². The summed E-state index contributed by atoms with van der Waals surface area (Å²) in [6.07, 6.45) is 15.6. The van der Waals surface area contributed by atoms with Gasteiger partial charge in [0.15, 0.2) is 0 Å². The molecule has 0 radical (unpaired) electrons. The van der Waals surface area contributed by atoms with Crippen LogP contribution in [0.2, 0.25) is 0 Å². The number of carbonyl (C=O) groups is 2. The Morgan fingerprint density at radius 1 is 0.781 bits per heavy atom. The van der Waals surface area contributed by atoms with E-state index in [0.29, 0.717) is 13.0 Å². The van der Waals surface area contributed by atoms with Crippen molar-refractivity contribution in [3.05, 3.63) is 35.9 Å². The molecule has 1 aromatic rings. The molecule has 182 valence electrons. The van der Waals surface area contributed by atoms with Crippen LogP contribution in [0.4, 0.5) is 0 Å². The first-order valence-electron chi connectivity index (χ1n) is 12.6. The molecule has 5 nitrogen and oxygen atoms in total. The van der Waals surface area contributed by atoms with Gasteiger partial charge in [-0.15, -0.1) is 0 Å². The number of unbranched alkanes of at least 4 members (excludes halogenated alkanes) is 10. The molecule has 1 aromatic carbocycles. The van der Waals surface area contributed by atoms with Crippen molar-refractivity contribution in [1.82, 2.24) is 0 Å². The molecular formula is C27H44O5. The summed E-state index contributed by atoms with van der Waals surface area (Å²) in [6, 6.07) is 10.3. The summed E-state index contributed by atoms with van der Waals surface area (Å²) >= 11 is 0. The van der Waals surface area contributed by atoms with E-state index in [0.717, 1.165) is 38.7 Å². The quantitative estimate of drug-likeness (QED) is 0.161. The second-order valence-corrected chi connectivity index (χ2v) is 8.73. The zero-order valence-corrected chi connectivity index (χ0v) is 20.1. The number of hydrogen-bond donors (Lipinski definition) is 1. The normalized spacial score (nSPS) is 11.9. The lowest BCUT2D eigenvalue weighted by atomic mass is 10.0. The minimum atomic E-state index is -0.762. The average Bonchev–Trinajstić information content (AvgIpc) is 2.76. The molecule has 0 amide bonds. The Morgan fingerprint density at radius 2 is 1.31 bits per heavy atom. The maximum atomic E-state index is 11.3. The van der Waals surface area contributed by atoms with Crippen molar-refractivity contribution in [3.8, 4) is 0 Å². The third-order valence-corrected chi connectivity index (χ3v) is 5.68. The molecule has 0 aromatic heterocycles. The largest absolute Gasteiger partial charge is 0.481 e. The Hall–Kier alpha value is -1.88. The summed E-state index contributed by atoms with van der Waals surface area (Å²) < 4.78 is 11.1. The number of carboxylic acids is 1. The number of carbonyl (C=O) groups excluding carboxylic acids is 1. The van der Waals surface area contributed by atoms with E-state index in [4.69, 9.17) is 14.6 Å². The van der Waals surface area contributed by atoms with Gasteiger partial charge in [-0.1, -0.05) is 81.7 Å². The Bertz CT molecular complexity index is 587. The summed E-state index contributed by atoms with van der Waals surface area (Å²) in [7, 11) is 0. The fourth-order valence-corrected chi connectivity index (χ4v) is 3.90. The fourth-order valence-electron chi connectivity index (χ4n) is 3.90. The van der Waals surface area contributed by atoms with Crippen molar-refractivity contribution in [2.24, 2.45) is 0 Å². The molecule has 1 atom stereocenters. The predicted octanol–water partition coefficient (Wildman–Crippen LogP) is 7.07. The number of carboxylic acid groups (broad SMARTS) is 1. The second kappa shape index (κ2) is 19.8. The van der Waals surface area contributed by atoms with Crippen LogP contribution in [-0.2, 0) is 25.7 Å². The number of ether oxygens (including phenoxy) is 2. The van der Waals surface area contributed by atoms with Gasteiger partial charge in [-0.05, 0) is 44.1 Å². The van der Waals surface area contributed by atoms with Crippen molar-refractivity contribution in [2.45, 2.75) is 116 Å². The molecular weight excluding hydrogens is 404 g/mol. The number of benzene rings is 1. The van der Waals surface area contributed by atoms with Gasteiger partial charge in [0, 0.05) is 20.0 Å². The molecule has 1 unspecified atom stereocenters. The highest BCUT2D eigenvalue weighted by Gasteiger charge is 2.12. The summed E-state index contributed by atoms with van der Waals surface area (Å²) in [5.41, 5.74) is 1.24. The van der Waals surface area contributed by atoms with Gasteiger partial charge in [0.25, 0.3) is 0 Å². The molecule has 0 aliphatic rings. The molecule has 5 heteroatoms. The lowest BCUT2D eigenvalue weighted by Gasteiger charge is -2.16. The highest BCUT2D eigenvalue weighted by atomic mass is 16.5. The van der Waals surface area contributed by atoms with E-state index in [2.05, 4.69) is 12.1 Å². The van der Waals surface area contributed by atoms with Crippen LogP contribution in [0.3, 0.4) is 0 Å². The maximum absolute atomic E-state index is 11.3. The topological polar surface area (TPSA) is 72.8 Å².